The minimum atomic E-state index is -0.110. The standard InChI is InChI=1S/C21H33N5O/c1-7-25-10-12-26(13-11-25)17-8-9-18(15(2)14-17)22-16(3)19-23-20(24-27-19)21(4,5)6/h8-9,14,16,22H,7,10-13H2,1-6H3/t16-/m1/s1. The molecule has 0 saturated carbocycles. The maximum absolute atomic E-state index is 5.47. The molecule has 0 radical (unpaired) electrons. The summed E-state index contributed by atoms with van der Waals surface area (Å²) in [4.78, 5) is 9.53. The van der Waals surface area contributed by atoms with E-state index in [1.54, 1.807) is 0 Å². The highest BCUT2D eigenvalue weighted by Gasteiger charge is 2.23. The number of nitrogens with one attached hydrogen (secondary N) is 1. The molecule has 148 valence electrons. The number of nitrogens with zero attached hydrogens (tertiary/aromatic N) is 4. The van der Waals surface area contributed by atoms with Crippen molar-refractivity contribution in [2.75, 3.05) is 42.9 Å². The van der Waals surface area contributed by atoms with Crippen molar-refractivity contribution in [2.24, 2.45) is 0 Å². The number of aryl methyl sites for hydroxylation is 1. The molecule has 1 atom stereocenters. The van der Waals surface area contributed by atoms with E-state index in [1.807, 2.05) is 0 Å². The van der Waals surface area contributed by atoms with Crippen LogP contribution < -0.4 is 10.2 Å². The van der Waals surface area contributed by atoms with Gasteiger partial charge in [0.25, 0.3) is 0 Å². The summed E-state index contributed by atoms with van der Waals surface area (Å²) in [5.41, 5.74) is 3.52. The molecule has 1 fully saturated rings. The van der Waals surface area contributed by atoms with E-state index in [1.165, 1.54) is 11.3 Å². The Morgan fingerprint density at radius 3 is 2.44 bits per heavy atom. The van der Waals surface area contributed by atoms with Crippen LogP contribution in [0.4, 0.5) is 11.4 Å². The summed E-state index contributed by atoms with van der Waals surface area (Å²) in [6, 6.07) is 6.60. The molecule has 0 amide bonds. The first-order chi connectivity index (χ1) is 12.8. The van der Waals surface area contributed by atoms with Crippen LogP contribution >= 0.6 is 0 Å². The average Bonchev–Trinajstić information content (AvgIpc) is 3.14. The van der Waals surface area contributed by atoms with Crippen molar-refractivity contribution in [3.8, 4) is 0 Å². The Kier molecular flexibility index (Phi) is 5.75. The van der Waals surface area contributed by atoms with E-state index in [0.29, 0.717) is 5.89 Å². The van der Waals surface area contributed by atoms with Gasteiger partial charge in [-0.2, -0.15) is 4.98 Å². The fourth-order valence-corrected chi connectivity index (χ4v) is 3.34. The van der Waals surface area contributed by atoms with Crippen molar-refractivity contribution >= 4 is 11.4 Å². The van der Waals surface area contributed by atoms with Crippen LogP contribution in [-0.4, -0.2) is 47.8 Å². The van der Waals surface area contributed by atoms with Crippen LogP contribution in [0.15, 0.2) is 22.7 Å². The zero-order chi connectivity index (χ0) is 19.6. The smallest absolute Gasteiger partial charge is 0.248 e. The van der Waals surface area contributed by atoms with E-state index >= 15 is 0 Å². The van der Waals surface area contributed by atoms with Gasteiger partial charge in [0.1, 0.15) is 6.04 Å². The molecule has 1 aromatic carbocycles. The number of piperazine rings is 1. The number of hydrogen-bond donors (Lipinski definition) is 1. The number of anilines is 2. The van der Waals surface area contributed by atoms with Gasteiger partial charge in [0.05, 0.1) is 0 Å². The van der Waals surface area contributed by atoms with Crippen LogP contribution in [0.5, 0.6) is 0 Å². The lowest BCUT2D eigenvalue weighted by Gasteiger charge is -2.35. The van der Waals surface area contributed by atoms with Gasteiger partial charge in [-0.15, -0.1) is 0 Å². The molecule has 0 bridgehead atoms. The van der Waals surface area contributed by atoms with Gasteiger partial charge < -0.3 is 19.6 Å². The van der Waals surface area contributed by atoms with E-state index in [2.05, 4.69) is 85.0 Å². The largest absolute Gasteiger partial charge is 0.374 e. The van der Waals surface area contributed by atoms with Gasteiger partial charge >= 0.3 is 0 Å². The predicted molar refractivity (Wildman–Crippen MR) is 111 cm³/mol. The van der Waals surface area contributed by atoms with E-state index < -0.39 is 0 Å². The number of rotatable bonds is 5. The minimum Gasteiger partial charge on any atom is -0.374 e. The van der Waals surface area contributed by atoms with Crippen molar-refractivity contribution in [3.63, 3.8) is 0 Å². The highest BCUT2D eigenvalue weighted by Crippen LogP contribution is 2.27. The number of likely N-dealkylation sites (N-methyl/N-ethyl adjacent to an activating group) is 1. The molecule has 6 nitrogen and oxygen atoms in total. The van der Waals surface area contributed by atoms with Crippen LogP contribution in [-0.2, 0) is 5.41 Å². The lowest BCUT2D eigenvalue weighted by molar-refractivity contribution is 0.271. The van der Waals surface area contributed by atoms with Crippen molar-refractivity contribution in [1.82, 2.24) is 15.0 Å². The third-order valence-electron chi connectivity index (χ3n) is 5.25. The molecular weight excluding hydrogens is 338 g/mol. The Bertz CT molecular complexity index is 756. The van der Waals surface area contributed by atoms with Gasteiger partial charge in [0.15, 0.2) is 5.82 Å². The second-order valence-electron chi connectivity index (χ2n) is 8.49. The molecule has 27 heavy (non-hydrogen) atoms. The Morgan fingerprint density at radius 2 is 1.89 bits per heavy atom. The molecule has 1 aromatic heterocycles. The van der Waals surface area contributed by atoms with Crippen LogP contribution in [0.3, 0.4) is 0 Å². The molecule has 0 unspecified atom stereocenters. The molecule has 0 spiro atoms. The lowest BCUT2D eigenvalue weighted by Crippen LogP contribution is -2.46. The van der Waals surface area contributed by atoms with Crippen molar-refractivity contribution < 1.29 is 4.52 Å². The minimum absolute atomic E-state index is 0.0359. The van der Waals surface area contributed by atoms with Crippen LogP contribution in [0.1, 0.15) is 57.9 Å². The molecule has 0 aliphatic carbocycles. The molecule has 2 heterocycles. The fraction of sp³-hybridized carbons (Fsp3) is 0.619. The van der Waals surface area contributed by atoms with Crippen LogP contribution in [0.25, 0.3) is 0 Å². The van der Waals surface area contributed by atoms with Gasteiger partial charge in [0, 0.05) is 43.0 Å². The lowest BCUT2D eigenvalue weighted by atomic mass is 9.96. The van der Waals surface area contributed by atoms with Gasteiger partial charge in [-0.05, 0) is 44.2 Å². The predicted octanol–water partition coefficient (Wildman–Crippen LogP) is 3.99. The van der Waals surface area contributed by atoms with Gasteiger partial charge in [0.2, 0.25) is 5.89 Å². The monoisotopic (exact) mass is 371 g/mol. The fourth-order valence-electron chi connectivity index (χ4n) is 3.34. The third-order valence-corrected chi connectivity index (χ3v) is 5.25. The molecular formula is C21H33N5O. The summed E-state index contributed by atoms with van der Waals surface area (Å²) in [5.74, 6) is 1.36. The Balaban J connectivity index is 1.66. The van der Waals surface area contributed by atoms with Crippen molar-refractivity contribution in [2.45, 2.75) is 53.0 Å². The average molecular weight is 372 g/mol. The first-order valence-corrected chi connectivity index (χ1v) is 9.96. The van der Waals surface area contributed by atoms with E-state index in [-0.39, 0.29) is 11.5 Å². The zero-order valence-corrected chi connectivity index (χ0v) is 17.5. The maximum atomic E-state index is 5.47. The molecule has 6 heteroatoms. The molecule has 1 N–H and O–H groups in total. The van der Waals surface area contributed by atoms with Gasteiger partial charge in [-0.3, -0.25) is 0 Å². The maximum Gasteiger partial charge on any atom is 0.248 e. The highest BCUT2D eigenvalue weighted by atomic mass is 16.5. The summed E-state index contributed by atoms with van der Waals surface area (Å²) < 4.78 is 5.47. The second kappa shape index (κ2) is 7.89. The Hall–Kier alpha value is -2.08. The van der Waals surface area contributed by atoms with Crippen LogP contribution in [0, 0.1) is 6.92 Å². The Morgan fingerprint density at radius 1 is 1.19 bits per heavy atom. The third kappa shape index (κ3) is 4.61. The summed E-state index contributed by atoms with van der Waals surface area (Å²) in [7, 11) is 0. The highest BCUT2D eigenvalue weighted by molar-refractivity contribution is 5.60. The molecule has 1 saturated heterocycles. The van der Waals surface area contributed by atoms with E-state index in [9.17, 15) is 0 Å². The number of hydrogen-bond acceptors (Lipinski definition) is 6. The van der Waals surface area contributed by atoms with Crippen LogP contribution in [0.2, 0.25) is 0 Å². The molecule has 1 aliphatic rings. The number of benzene rings is 1. The molecule has 2 aromatic rings. The first-order valence-electron chi connectivity index (χ1n) is 9.96. The number of aromatic nitrogens is 2. The van der Waals surface area contributed by atoms with Gasteiger partial charge in [-0.1, -0.05) is 32.9 Å². The SMILES string of the molecule is CCN1CCN(c2ccc(N[C@H](C)c3nc(C(C)(C)C)no3)c(C)c2)CC1. The summed E-state index contributed by atoms with van der Waals surface area (Å²) >= 11 is 0. The quantitative estimate of drug-likeness (QED) is 0.858. The molecule has 3 rings (SSSR count). The Labute approximate surface area is 162 Å². The summed E-state index contributed by atoms with van der Waals surface area (Å²) in [6.45, 7) is 18.3. The zero-order valence-electron chi connectivity index (χ0n) is 17.5. The summed E-state index contributed by atoms with van der Waals surface area (Å²) in [5, 5.41) is 7.64. The van der Waals surface area contributed by atoms with Gasteiger partial charge in [-0.25, -0.2) is 0 Å². The van der Waals surface area contributed by atoms with E-state index in [0.717, 1.165) is 44.2 Å². The normalized spacial score (nSPS) is 17.2. The summed E-state index contributed by atoms with van der Waals surface area (Å²) in [6.07, 6.45) is 0. The van der Waals surface area contributed by atoms with E-state index in [4.69, 9.17) is 4.52 Å². The van der Waals surface area contributed by atoms with Crippen molar-refractivity contribution in [1.29, 1.82) is 0 Å². The first kappa shape index (κ1) is 19.7. The molecule has 1 aliphatic heterocycles. The topological polar surface area (TPSA) is 57.4 Å². The van der Waals surface area contributed by atoms with Crippen molar-refractivity contribution in [3.05, 3.63) is 35.5 Å². The second-order valence-corrected chi connectivity index (χ2v) is 8.49.